The molecule has 0 radical (unpaired) electrons. The first-order valence-corrected chi connectivity index (χ1v) is 8.26. The van der Waals surface area contributed by atoms with Crippen LogP contribution in [0, 0.1) is 0 Å². The first-order valence-electron chi connectivity index (χ1n) is 8.26. The van der Waals surface area contributed by atoms with E-state index in [1.807, 2.05) is 7.05 Å². The number of H-pyrrole nitrogens is 1. The van der Waals surface area contributed by atoms with Crippen LogP contribution >= 0.6 is 24.0 Å². The summed E-state index contributed by atoms with van der Waals surface area (Å²) in [6, 6.07) is 12.6. The lowest BCUT2D eigenvalue weighted by atomic mass is 10.1. The maximum atomic E-state index is 4.39. The highest BCUT2D eigenvalue weighted by molar-refractivity contribution is 14.0. The predicted octanol–water partition coefficient (Wildman–Crippen LogP) is 3.37. The third kappa shape index (κ3) is 4.56. The van der Waals surface area contributed by atoms with E-state index < -0.39 is 0 Å². The van der Waals surface area contributed by atoms with Gasteiger partial charge in [-0.2, -0.15) is 0 Å². The topological polar surface area (TPSA) is 48.4 Å². The standard InChI is InChI=1S/C19H25N5.HI/c1-20-19(24(3)14-16-7-6-12-23(16)2)21-11-10-15-13-22-18-9-5-4-8-17(15)18;/h4-9,12-13,22H,10-11,14H2,1-3H3,(H,20,21);1H. The van der Waals surface area contributed by atoms with Crippen molar-refractivity contribution in [3.63, 3.8) is 0 Å². The van der Waals surface area contributed by atoms with E-state index in [-0.39, 0.29) is 24.0 Å². The van der Waals surface area contributed by atoms with E-state index in [0.717, 1.165) is 25.5 Å². The molecule has 3 aromatic rings. The minimum Gasteiger partial charge on any atom is -0.361 e. The van der Waals surface area contributed by atoms with Crippen molar-refractivity contribution in [2.24, 2.45) is 12.0 Å². The summed E-state index contributed by atoms with van der Waals surface area (Å²) in [5, 5.41) is 4.75. The summed E-state index contributed by atoms with van der Waals surface area (Å²) in [5.74, 6) is 0.913. The molecule has 6 heteroatoms. The molecule has 0 aliphatic rings. The Kier molecular flexibility index (Phi) is 6.92. The summed E-state index contributed by atoms with van der Waals surface area (Å²) in [5.41, 5.74) is 3.79. The number of rotatable bonds is 5. The number of guanidine groups is 1. The molecule has 0 saturated heterocycles. The van der Waals surface area contributed by atoms with Crippen molar-refractivity contribution < 1.29 is 0 Å². The van der Waals surface area contributed by atoms with Crippen LogP contribution in [-0.2, 0) is 20.0 Å². The molecule has 25 heavy (non-hydrogen) atoms. The van der Waals surface area contributed by atoms with Gasteiger partial charge in [0.2, 0.25) is 0 Å². The Morgan fingerprint density at radius 1 is 1.24 bits per heavy atom. The van der Waals surface area contributed by atoms with Crippen LogP contribution in [0.25, 0.3) is 10.9 Å². The molecule has 2 heterocycles. The van der Waals surface area contributed by atoms with E-state index in [1.54, 1.807) is 0 Å². The Hall–Kier alpha value is -1.96. The van der Waals surface area contributed by atoms with Crippen molar-refractivity contribution in [1.29, 1.82) is 0 Å². The van der Waals surface area contributed by atoms with Crippen LogP contribution in [0.5, 0.6) is 0 Å². The van der Waals surface area contributed by atoms with Gasteiger partial charge in [0, 0.05) is 56.7 Å². The fourth-order valence-corrected chi connectivity index (χ4v) is 3.01. The summed E-state index contributed by atoms with van der Waals surface area (Å²) >= 11 is 0. The van der Waals surface area contributed by atoms with Gasteiger partial charge >= 0.3 is 0 Å². The van der Waals surface area contributed by atoms with E-state index in [4.69, 9.17) is 0 Å². The molecule has 0 fully saturated rings. The second-order valence-electron chi connectivity index (χ2n) is 6.05. The molecule has 0 saturated carbocycles. The molecule has 2 aromatic heterocycles. The highest BCUT2D eigenvalue weighted by atomic mass is 127. The van der Waals surface area contributed by atoms with E-state index in [1.165, 1.54) is 22.2 Å². The summed E-state index contributed by atoms with van der Waals surface area (Å²) in [7, 11) is 5.96. The monoisotopic (exact) mass is 451 g/mol. The summed E-state index contributed by atoms with van der Waals surface area (Å²) in [4.78, 5) is 9.86. The molecule has 3 rings (SSSR count). The Morgan fingerprint density at radius 2 is 2.04 bits per heavy atom. The number of hydrogen-bond acceptors (Lipinski definition) is 1. The zero-order valence-electron chi connectivity index (χ0n) is 15.0. The molecule has 0 aliphatic heterocycles. The molecule has 2 N–H and O–H groups in total. The van der Waals surface area contributed by atoms with Crippen LogP contribution < -0.4 is 5.32 Å². The van der Waals surface area contributed by atoms with Gasteiger partial charge in [-0.25, -0.2) is 0 Å². The molecule has 1 aromatic carbocycles. The van der Waals surface area contributed by atoms with E-state index >= 15 is 0 Å². The number of halogens is 1. The average Bonchev–Trinajstić information content (AvgIpc) is 3.18. The van der Waals surface area contributed by atoms with Crippen molar-refractivity contribution >= 4 is 40.8 Å². The van der Waals surface area contributed by atoms with Gasteiger partial charge in [-0.1, -0.05) is 18.2 Å². The third-order valence-electron chi connectivity index (χ3n) is 4.38. The molecule has 0 atom stereocenters. The minimum atomic E-state index is 0. The molecule has 5 nitrogen and oxygen atoms in total. The Labute approximate surface area is 166 Å². The quantitative estimate of drug-likeness (QED) is 0.355. The van der Waals surface area contributed by atoms with Gasteiger partial charge < -0.3 is 19.8 Å². The van der Waals surface area contributed by atoms with Crippen LogP contribution in [0.1, 0.15) is 11.3 Å². The molecular weight excluding hydrogens is 425 g/mol. The lowest BCUT2D eigenvalue weighted by Gasteiger charge is -2.22. The number of fused-ring (bicyclic) bond motifs is 1. The maximum absolute atomic E-state index is 4.39. The van der Waals surface area contributed by atoms with E-state index in [9.17, 15) is 0 Å². The zero-order chi connectivity index (χ0) is 16.9. The highest BCUT2D eigenvalue weighted by Crippen LogP contribution is 2.17. The van der Waals surface area contributed by atoms with Crippen molar-refractivity contribution in [3.8, 4) is 0 Å². The molecule has 0 aliphatic carbocycles. The number of aliphatic imine (C=N–C) groups is 1. The third-order valence-corrected chi connectivity index (χ3v) is 4.38. The van der Waals surface area contributed by atoms with Gasteiger partial charge in [0.25, 0.3) is 0 Å². The number of hydrogen-bond donors (Lipinski definition) is 2. The van der Waals surface area contributed by atoms with Crippen LogP contribution in [0.4, 0.5) is 0 Å². The molecule has 0 unspecified atom stereocenters. The fourth-order valence-electron chi connectivity index (χ4n) is 3.01. The number of aromatic nitrogens is 2. The second kappa shape index (κ2) is 8.94. The molecule has 0 spiro atoms. The number of nitrogens with one attached hydrogen (secondary N) is 2. The van der Waals surface area contributed by atoms with Gasteiger partial charge in [-0.15, -0.1) is 24.0 Å². The maximum Gasteiger partial charge on any atom is 0.193 e. The number of aryl methyl sites for hydroxylation is 1. The lowest BCUT2D eigenvalue weighted by Crippen LogP contribution is -2.39. The fraction of sp³-hybridized carbons (Fsp3) is 0.316. The van der Waals surface area contributed by atoms with Crippen LogP contribution in [0.3, 0.4) is 0 Å². The SMILES string of the molecule is CN=C(NCCc1c[nH]c2ccccc12)N(C)Cc1cccn1C.I. The van der Waals surface area contributed by atoms with Crippen LogP contribution in [0.2, 0.25) is 0 Å². The van der Waals surface area contributed by atoms with Gasteiger partial charge in [0.05, 0.1) is 6.54 Å². The number of para-hydroxylation sites is 1. The molecule has 0 bridgehead atoms. The smallest absolute Gasteiger partial charge is 0.193 e. The predicted molar refractivity (Wildman–Crippen MR) is 116 cm³/mol. The van der Waals surface area contributed by atoms with Gasteiger partial charge in [-0.05, 0) is 30.2 Å². The van der Waals surface area contributed by atoms with Gasteiger partial charge in [-0.3, -0.25) is 4.99 Å². The van der Waals surface area contributed by atoms with Crippen LogP contribution in [-0.4, -0.2) is 41.1 Å². The summed E-state index contributed by atoms with van der Waals surface area (Å²) < 4.78 is 2.13. The number of nitrogens with zero attached hydrogens (tertiary/aromatic N) is 3. The van der Waals surface area contributed by atoms with Gasteiger partial charge in [0.1, 0.15) is 0 Å². The van der Waals surface area contributed by atoms with E-state index in [0.29, 0.717) is 0 Å². The van der Waals surface area contributed by atoms with Crippen molar-refractivity contribution in [2.75, 3.05) is 20.6 Å². The second-order valence-corrected chi connectivity index (χ2v) is 6.05. The first kappa shape index (κ1) is 19.4. The van der Waals surface area contributed by atoms with Crippen molar-refractivity contribution in [2.45, 2.75) is 13.0 Å². The first-order chi connectivity index (χ1) is 11.7. The molecular formula is C19H26IN5. The summed E-state index contributed by atoms with van der Waals surface area (Å²) in [6.07, 6.45) is 5.13. The van der Waals surface area contributed by atoms with Crippen molar-refractivity contribution in [1.82, 2.24) is 19.8 Å². The lowest BCUT2D eigenvalue weighted by molar-refractivity contribution is 0.462. The number of benzene rings is 1. The number of aromatic amines is 1. The minimum absolute atomic E-state index is 0. The van der Waals surface area contributed by atoms with E-state index in [2.05, 4.69) is 87.6 Å². The summed E-state index contributed by atoms with van der Waals surface area (Å²) in [6.45, 7) is 1.68. The average molecular weight is 451 g/mol. The highest BCUT2D eigenvalue weighted by Gasteiger charge is 2.09. The van der Waals surface area contributed by atoms with Crippen LogP contribution in [0.15, 0.2) is 53.8 Å². The Balaban J connectivity index is 0.00000225. The Morgan fingerprint density at radius 3 is 2.76 bits per heavy atom. The normalized spacial score (nSPS) is 11.4. The largest absolute Gasteiger partial charge is 0.361 e. The molecule has 134 valence electrons. The van der Waals surface area contributed by atoms with Gasteiger partial charge in [0.15, 0.2) is 5.96 Å². The molecule has 0 amide bonds. The zero-order valence-corrected chi connectivity index (χ0v) is 17.3. The Bertz CT molecular complexity index is 833. The van der Waals surface area contributed by atoms with Crippen molar-refractivity contribution in [3.05, 3.63) is 60.0 Å².